The van der Waals surface area contributed by atoms with Crippen LogP contribution in [-0.2, 0) is 9.47 Å². The van der Waals surface area contributed by atoms with Crippen LogP contribution >= 0.6 is 0 Å². The van der Waals surface area contributed by atoms with Crippen LogP contribution in [0.4, 0.5) is 0 Å². The molecule has 1 saturated heterocycles. The van der Waals surface area contributed by atoms with Crippen molar-refractivity contribution in [2.75, 3.05) is 6.61 Å². The van der Waals surface area contributed by atoms with Crippen molar-refractivity contribution in [1.29, 1.82) is 0 Å². The fourth-order valence-corrected chi connectivity index (χ4v) is 5.11. The molecule has 3 aliphatic rings. The molecule has 0 spiro atoms. The van der Waals surface area contributed by atoms with Gasteiger partial charge in [0.1, 0.15) is 5.41 Å². The lowest BCUT2D eigenvalue weighted by molar-refractivity contribution is -0.202. The lowest BCUT2D eigenvalue weighted by atomic mass is 9.88. The van der Waals surface area contributed by atoms with E-state index < -0.39 is 0 Å². The molecule has 2 saturated carbocycles. The Morgan fingerprint density at radius 1 is 0.944 bits per heavy atom. The van der Waals surface area contributed by atoms with Gasteiger partial charge in [-0.15, -0.1) is 0 Å². The number of rotatable bonds is 4. The first-order valence-corrected chi connectivity index (χ1v) is 9.09. The highest BCUT2D eigenvalue weighted by Gasteiger charge is 2.40. The molecule has 2 nitrogen and oxygen atoms in total. The lowest BCUT2D eigenvalue weighted by Gasteiger charge is -2.36. The zero-order valence-corrected chi connectivity index (χ0v) is 13.8. The topological polar surface area (TPSA) is 18.5 Å². The van der Waals surface area contributed by atoms with Gasteiger partial charge in [0, 0.05) is 6.61 Å². The predicted octanol–water partition coefficient (Wildman–Crippen LogP) is 2.58. The Labute approximate surface area is 114 Å². The van der Waals surface area contributed by atoms with Crippen molar-refractivity contribution < 1.29 is 9.47 Å². The number of ether oxygens (including phenoxy) is 2. The van der Waals surface area contributed by atoms with Gasteiger partial charge in [-0.3, -0.25) is 0 Å². The third kappa shape index (κ3) is 2.83. The summed E-state index contributed by atoms with van der Waals surface area (Å²) in [5.41, 5.74) is -0.129. The van der Waals surface area contributed by atoms with Gasteiger partial charge in [0.25, 0.3) is 0 Å². The smallest absolute Gasteiger partial charge is 0.142 e. The van der Waals surface area contributed by atoms with Crippen molar-refractivity contribution in [3.8, 4) is 0 Å². The first kappa shape index (κ1) is 13.1. The molecule has 0 N–H and O–H groups in total. The van der Waals surface area contributed by atoms with Crippen LogP contribution in [0.1, 0.15) is 64.2 Å². The first-order valence-electron chi connectivity index (χ1n) is 8.09. The molecule has 3 fully saturated rings. The first-order chi connectivity index (χ1) is 8.77. The molecular formula is C15H28O2Si. The van der Waals surface area contributed by atoms with Crippen LogP contribution in [0.15, 0.2) is 0 Å². The molecule has 0 bridgehead atoms. The minimum Gasteiger partial charge on any atom is -0.355 e. The number of hydrogen-bond acceptors (Lipinski definition) is 2. The van der Waals surface area contributed by atoms with E-state index in [4.69, 9.17) is 9.47 Å². The fourth-order valence-electron chi connectivity index (χ4n) is 4.28. The Morgan fingerprint density at radius 2 is 1.50 bits per heavy atom. The number of hydrogen-bond donors (Lipinski definition) is 0. The second kappa shape index (κ2) is 5.64. The molecule has 3 heteroatoms. The monoisotopic (exact) mass is 268 g/mol. The maximum absolute atomic E-state index is 6.61. The van der Waals surface area contributed by atoms with Gasteiger partial charge < -0.3 is 9.47 Å². The summed E-state index contributed by atoms with van der Waals surface area (Å²) in [6, 6.07) is 0. The molecule has 1 heterocycles. The predicted molar refractivity (Wildman–Crippen MR) is 76.6 cm³/mol. The van der Waals surface area contributed by atoms with Crippen LogP contribution in [-0.4, -0.2) is 28.4 Å². The van der Waals surface area contributed by atoms with Gasteiger partial charge in [-0.1, -0.05) is 25.7 Å². The largest absolute Gasteiger partial charge is 0.355 e. The van der Waals surface area contributed by atoms with Gasteiger partial charge in [-0.2, -0.15) is 0 Å². The Morgan fingerprint density at radius 3 is 1.94 bits per heavy atom. The van der Waals surface area contributed by atoms with Gasteiger partial charge in [0.2, 0.25) is 0 Å². The molecule has 2 aliphatic carbocycles. The SMILES string of the molecule is [SiH3]C1(OC(C2CCCC2)C2CCCC2)CCCO1. The van der Waals surface area contributed by atoms with Crippen molar-refractivity contribution in [2.24, 2.45) is 11.8 Å². The van der Waals surface area contributed by atoms with Crippen LogP contribution in [0.2, 0.25) is 0 Å². The zero-order valence-electron chi connectivity index (χ0n) is 11.8. The van der Waals surface area contributed by atoms with Crippen LogP contribution in [0.3, 0.4) is 0 Å². The van der Waals surface area contributed by atoms with Crippen molar-refractivity contribution in [1.82, 2.24) is 0 Å². The molecule has 0 amide bonds. The van der Waals surface area contributed by atoms with E-state index in [1.54, 1.807) is 0 Å². The van der Waals surface area contributed by atoms with E-state index in [-0.39, 0.29) is 5.41 Å². The summed E-state index contributed by atoms with van der Waals surface area (Å²) in [7, 11) is 1.03. The Bertz CT molecular complexity index is 248. The maximum Gasteiger partial charge on any atom is 0.142 e. The molecule has 0 aromatic carbocycles. The van der Waals surface area contributed by atoms with Crippen LogP contribution in [0, 0.1) is 11.8 Å². The second-order valence-corrected chi connectivity index (χ2v) is 8.28. The standard InChI is InChI=1S/C15H28O2Si/c18-15(10-5-11-16-15)17-14(12-6-1-2-7-12)13-8-3-4-9-13/h12-14H,1-11H2,18H3. The summed E-state index contributed by atoms with van der Waals surface area (Å²) in [4.78, 5) is 0. The Kier molecular flexibility index (Phi) is 4.11. The molecule has 1 aliphatic heterocycles. The minimum atomic E-state index is -0.129. The molecule has 1 atom stereocenters. The molecule has 3 rings (SSSR count). The van der Waals surface area contributed by atoms with E-state index in [1.807, 2.05) is 0 Å². The second-order valence-electron chi connectivity index (χ2n) is 6.76. The van der Waals surface area contributed by atoms with Gasteiger partial charge in [-0.25, -0.2) is 0 Å². The van der Waals surface area contributed by atoms with Gasteiger partial charge in [-0.05, 0) is 50.4 Å². The molecular weight excluding hydrogens is 240 g/mol. The highest BCUT2D eigenvalue weighted by molar-refractivity contribution is 6.13. The quantitative estimate of drug-likeness (QED) is 0.730. The minimum absolute atomic E-state index is 0.129. The summed E-state index contributed by atoms with van der Waals surface area (Å²) in [5.74, 6) is 1.67. The third-order valence-electron chi connectivity index (χ3n) is 5.30. The van der Waals surface area contributed by atoms with Gasteiger partial charge in [0.05, 0.1) is 16.3 Å². The summed E-state index contributed by atoms with van der Waals surface area (Å²) in [5, 5.41) is 0. The molecule has 0 aromatic heterocycles. The van der Waals surface area contributed by atoms with Crippen LogP contribution in [0.25, 0.3) is 0 Å². The van der Waals surface area contributed by atoms with Crippen molar-refractivity contribution in [3.63, 3.8) is 0 Å². The summed E-state index contributed by atoms with van der Waals surface area (Å²) >= 11 is 0. The summed E-state index contributed by atoms with van der Waals surface area (Å²) in [6.45, 7) is 0.922. The van der Waals surface area contributed by atoms with E-state index in [0.29, 0.717) is 6.10 Å². The highest BCUT2D eigenvalue weighted by Crippen LogP contribution is 2.41. The van der Waals surface area contributed by atoms with E-state index in [1.165, 1.54) is 57.8 Å². The Hall–Kier alpha value is 0.137. The molecule has 0 aromatic rings. The average Bonchev–Trinajstić information content (AvgIpc) is 3.10. The molecule has 18 heavy (non-hydrogen) atoms. The lowest BCUT2D eigenvalue weighted by Crippen LogP contribution is -2.42. The fraction of sp³-hybridized carbons (Fsp3) is 1.00. The molecule has 1 unspecified atom stereocenters. The van der Waals surface area contributed by atoms with Crippen molar-refractivity contribution in [2.45, 2.75) is 75.7 Å². The van der Waals surface area contributed by atoms with E-state index in [2.05, 4.69) is 0 Å². The van der Waals surface area contributed by atoms with Crippen LogP contribution in [0.5, 0.6) is 0 Å². The van der Waals surface area contributed by atoms with E-state index >= 15 is 0 Å². The van der Waals surface area contributed by atoms with Gasteiger partial charge in [0.15, 0.2) is 0 Å². The normalized spacial score (nSPS) is 35.2. The summed E-state index contributed by atoms with van der Waals surface area (Å²) < 4.78 is 12.5. The Balaban J connectivity index is 1.67. The highest BCUT2D eigenvalue weighted by atomic mass is 28.1. The van der Waals surface area contributed by atoms with Crippen LogP contribution < -0.4 is 0 Å². The zero-order chi connectivity index (χ0) is 12.4. The van der Waals surface area contributed by atoms with E-state index in [9.17, 15) is 0 Å². The van der Waals surface area contributed by atoms with Crippen molar-refractivity contribution >= 4 is 10.2 Å². The van der Waals surface area contributed by atoms with E-state index in [0.717, 1.165) is 35.1 Å². The maximum atomic E-state index is 6.61. The van der Waals surface area contributed by atoms with Gasteiger partial charge >= 0.3 is 0 Å². The molecule has 104 valence electrons. The summed E-state index contributed by atoms with van der Waals surface area (Å²) in [6.07, 6.45) is 14.2. The molecule has 0 radical (unpaired) electrons. The third-order valence-corrected chi connectivity index (χ3v) is 6.32. The average molecular weight is 268 g/mol. The van der Waals surface area contributed by atoms with Crippen molar-refractivity contribution in [3.05, 3.63) is 0 Å².